The Labute approximate surface area is 243 Å². The molecule has 4 heterocycles. The van der Waals surface area contributed by atoms with Gasteiger partial charge < -0.3 is 5.32 Å². The summed E-state index contributed by atoms with van der Waals surface area (Å²) in [6.07, 6.45) is -1.53. The van der Waals surface area contributed by atoms with Gasteiger partial charge in [0.1, 0.15) is 17.6 Å². The van der Waals surface area contributed by atoms with Crippen molar-refractivity contribution in [3.05, 3.63) is 105 Å². The minimum Gasteiger partial charge on any atom is -0.325 e. The smallest absolute Gasteiger partial charge is 0.325 e. The zero-order valence-electron chi connectivity index (χ0n) is 21.2. The summed E-state index contributed by atoms with van der Waals surface area (Å²) in [6, 6.07) is 12.4. The Hall–Kier alpha value is -4.30. The van der Waals surface area contributed by atoms with Crippen molar-refractivity contribution in [2.24, 2.45) is 5.92 Å². The van der Waals surface area contributed by atoms with Crippen LogP contribution in [0.2, 0.25) is 0 Å². The summed E-state index contributed by atoms with van der Waals surface area (Å²) < 4.78 is 54.1. The molecule has 42 heavy (non-hydrogen) atoms. The summed E-state index contributed by atoms with van der Waals surface area (Å²) in [5, 5.41) is 1.73. The Morgan fingerprint density at radius 1 is 1.00 bits per heavy atom. The molecule has 1 N–H and O–H groups in total. The van der Waals surface area contributed by atoms with Gasteiger partial charge in [-0.3, -0.25) is 28.7 Å². The zero-order valence-corrected chi connectivity index (χ0v) is 22.8. The first-order valence-corrected chi connectivity index (χ1v) is 14.1. The van der Waals surface area contributed by atoms with Gasteiger partial charge in [0.25, 0.3) is 0 Å². The van der Waals surface area contributed by atoms with Gasteiger partial charge in [0.2, 0.25) is 17.7 Å². The van der Waals surface area contributed by atoms with Gasteiger partial charge in [-0.1, -0.05) is 35.2 Å². The number of halogens is 4. The maximum atomic E-state index is 13.8. The maximum Gasteiger partial charge on any atom is 0.416 e. The first kappa shape index (κ1) is 27.8. The van der Waals surface area contributed by atoms with Gasteiger partial charge in [-0.05, 0) is 54.1 Å². The van der Waals surface area contributed by atoms with Crippen molar-refractivity contribution in [1.29, 1.82) is 0 Å². The first-order chi connectivity index (χ1) is 20.0. The number of amides is 3. The third-order valence-electron chi connectivity index (χ3n) is 6.95. The van der Waals surface area contributed by atoms with Crippen LogP contribution in [0.5, 0.6) is 0 Å². The molecule has 2 aliphatic heterocycles. The van der Waals surface area contributed by atoms with Crippen molar-refractivity contribution in [3.8, 4) is 0 Å². The maximum absolute atomic E-state index is 13.8. The van der Waals surface area contributed by atoms with Crippen LogP contribution in [0.1, 0.15) is 21.9 Å². The lowest BCUT2D eigenvalue weighted by atomic mass is 9.84. The van der Waals surface area contributed by atoms with Gasteiger partial charge >= 0.3 is 11.0 Å². The first-order valence-electron chi connectivity index (χ1n) is 12.4. The van der Waals surface area contributed by atoms with E-state index in [1.54, 1.807) is 12.1 Å². The molecule has 3 atom stereocenters. The molecule has 0 radical (unpaired) electrons. The quantitative estimate of drug-likeness (QED) is 0.254. The number of rotatable bonds is 5. The van der Waals surface area contributed by atoms with E-state index < -0.39 is 63.8 Å². The van der Waals surface area contributed by atoms with Crippen LogP contribution in [0.15, 0.2) is 82.9 Å². The Morgan fingerprint density at radius 2 is 1.76 bits per heavy atom. The van der Waals surface area contributed by atoms with E-state index in [1.807, 2.05) is 0 Å². The molecule has 0 bridgehead atoms. The van der Waals surface area contributed by atoms with E-state index in [9.17, 15) is 36.7 Å². The largest absolute Gasteiger partial charge is 0.416 e. The highest BCUT2D eigenvalue weighted by atomic mass is 32.2. The minimum absolute atomic E-state index is 0.0977. The number of thiazole rings is 1. The van der Waals surface area contributed by atoms with E-state index in [1.165, 1.54) is 30.6 Å². The van der Waals surface area contributed by atoms with Crippen LogP contribution in [0.4, 0.5) is 28.9 Å². The lowest BCUT2D eigenvalue weighted by Crippen LogP contribution is -2.33. The summed E-state index contributed by atoms with van der Waals surface area (Å²) in [5.74, 6) is -4.01. The number of alkyl halides is 3. The van der Waals surface area contributed by atoms with Crippen LogP contribution < -0.4 is 15.1 Å². The Morgan fingerprint density at radius 3 is 2.45 bits per heavy atom. The molecular formula is C28H18F4N4O4S2. The second-order valence-corrected chi connectivity index (χ2v) is 11.7. The van der Waals surface area contributed by atoms with Gasteiger partial charge in [-0.2, -0.15) is 13.2 Å². The number of hydrogen-bond acceptors (Lipinski definition) is 7. The monoisotopic (exact) mass is 614 g/mol. The number of benzene rings is 2. The van der Waals surface area contributed by atoms with E-state index >= 15 is 0 Å². The molecule has 8 nitrogen and oxygen atoms in total. The molecule has 2 aliphatic rings. The van der Waals surface area contributed by atoms with Crippen LogP contribution in [0.3, 0.4) is 0 Å². The topological polar surface area (TPSA) is 101 Å². The SMILES string of the molecule is O=C(Cn1c2c(sc1=O)[C@@H](c1cccnc1)[C@@H]1C(=O)N(c3ccc(F)cc3)C(=O)[C@@H]1S2)Nc1cccc(C(F)(F)F)c1. The van der Waals surface area contributed by atoms with Crippen molar-refractivity contribution in [2.75, 3.05) is 10.2 Å². The van der Waals surface area contributed by atoms with E-state index in [2.05, 4.69) is 10.3 Å². The predicted octanol–water partition coefficient (Wildman–Crippen LogP) is 4.90. The highest BCUT2D eigenvalue weighted by Crippen LogP contribution is 2.53. The van der Waals surface area contributed by atoms with Crippen LogP contribution in [0, 0.1) is 11.7 Å². The highest BCUT2D eigenvalue weighted by molar-refractivity contribution is 8.00. The Bertz CT molecular complexity index is 1770. The van der Waals surface area contributed by atoms with Crippen molar-refractivity contribution in [2.45, 2.75) is 28.9 Å². The van der Waals surface area contributed by atoms with Crippen molar-refractivity contribution < 1.29 is 31.9 Å². The Kier molecular flexibility index (Phi) is 6.97. The van der Waals surface area contributed by atoms with E-state index in [0.717, 1.165) is 62.9 Å². The average Bonchev–Trinajstić information content (AvgIpc) is 3.40. The molecule has 2 aromatic carbocycles. The number of nitrogens with one attached hydrogen (secondary N) is 1. The molecule has 0 aliphatic carbocycles. The number of nitrogens with zero attached hydrogens (tertiary/aromatic N) is 3. The van der Waals surface area contributed by atoms with Gasteiger partial charge in [0, 0.05) is 28.9 Å². The standard InChI is InChI=1S/C28H18F4N4O4S2/c29-16-6-8-18(9-7-16)36-24(38)21-20(14-3-2-10-33-12-14)23-26(41-22(21)25(36)39)35(27(40)42-23)13-19(37)34-17-5-1-4-15(11-17)28(30,31)32/h1-12,20-22H,13H2,(H,34,37)/t20-,21-,22+/m0/s1. The fraction of sp³-hybridized carbons (Fsp3) is 0.179. The van der Waals surface area contributed by atoms with Gasteiger partial charge in [0.05, 0.1) is 22.2 Å². The summed E-state index contributed by atoms with van der Waals surface area (Å²) in [4.78, 5) is 58.5. The summed E-state index contributed by atoms with van der Waals surface area (Å²) in [7, 11) is 0. The van der Waals surface area contributed by atoms with E-state index in [4.69, 9.17) is 0 Å². The lowest BCUT2D eigenvalue weighted by Gasteiger charge is -2.30. The fourth-order valence-corrected chi connectivity index (χ4v) is 7.91. The molecule has 3 amide bonds. The van der Waals surface area contributed by atoms with Crippen molar-refractivity contribution in [3.63, 3.8) is 0 Å². The third kappa shape index (κ3) is 4.90. The number of imide groups is 1. The number of pyridine rings is 1. The van der Waals surface area contributed by atoms with Crippen LogP contribution >= 0.6 is 23.1 Å². The number of aromatic nitrogens is 2. The number of anilines is 2. The number of carbonyl (C=O) groups is 3. The predicted molar refractivity (Wildman–Crippen MR) is 147 cm³/mol. The van der Waals surface area contributed by atoms with E-state index in [0.29, 0.717) is 15.5 Å². The van der Waals surface area contributed by atoms with Crippen molar-refractivity contribution >= 4 is 52.2 Å². The fourth-order valence-electron chi connectivity index (χ4n) is 5.14. The molecule has 14 heteroatoms. The summed E-state index contributed by atoms with van der Waals surface area (Å²) >= 11 is 1.80. The molecule has 0 unspecified atom stereocenters. The highest BCUT2D eigenvalue weighted by Gasteiger charge is 2.57. The third-order valence-corrected chi connectivity index (χ3v) is 9.56. The lowest BCUT2D eigenvalue weighted by molar-refractivity contribution is -0.137. The number of carbonyl (C=O) groups excluding carboxylic acids is 3. The summed E-state index contributed by atoms with van der Waals surface area (Å²) in [5.41, 5.74) is -0.258. The number of fused-ring (bicyclic) bond motifs is 2. The molecule has 0 saturated carbocycles. The second-order valence-electron chi connectivity index (χ2n) is 9.57. The Balaban J connectivity index is 1.36. The van der Waals surface area contributed by atoms with Gasteiger partial charge in [-0.25, -0.2) is 9.29 Å². The molecule has 6 rings (SSSR count). The number of thioether (sulfide) groups is 1. The second kappa shape index (κ2) is 10.5. The molecule has 214 valence electrons. The van der Waals surface area contributed by atoms with E-state index in [-0.39, 0.29) is 11.4 Å². The zero-order chi connectivity index (χ0) is 29.8. The number of hydrogen-bond donors (Lipinski definition) is 1. The molecule has 0 spiro atoms. The normalized spacial score (nSPS) is 19.9. The molecule has 4 aromatic rings. The molecule has 1 fully saturated rings. The molecule has 2 aromatic heterocycles. The van der Waals surface area contributed by atoms with Crippen molar-refractivity contribution in [1.82, 2.24) is 9.55 Å². The average molecular weight is 615 g/mol. The molecular weight excluding hydrogens is 596 g/mol. The molecule has 1 saturated heterocycles. The van der Waals surface area contributed by atoms with Crippen LogP contribution in [-0.4, -0.2) is 32.5 Å². The minimum atomic E-state index is -4.61. The van der Waals surface area contributed by atoms with Crippen LogP contribution in [0.25, 0.3) is 0 Å². The van der Waals surface area contributed by atoms with Gasteiger partial charge in [0.15, 0.2) is 0 Å². The van der Waals surface area contributed by atoms with Crippen LogP contribution in [-0.2, 0) is 27.1 Å². The summed E-state index contributed by atoms with van der Waals surface area (Å²) in [6.45, 7) is -0.533. The van der Waals surface area contributed by atoms with Gasteiger partial charge in [-0.15, -0.1) is 0 Å².